The molecular formula is C31H35FO4. The molecule has 0 radical (unpaired) electrons. The first-order valence-corrected chi connectivity index (χ1v) is 13.1. The fraction of sp³-hybridized carbons (Fsp3) is 0.387. The maximum absolute atomic E-state index is 15.0. The lowest BCUT2D eigenvalue weighted by Crippen LogP contribution is -2.13. The van der Waals surface area contributed by atoms with E-state index in [1.807, 2.05) is 13.0 Å². The lowest BCUT2D eigenvalue weighted by molar-refractivity contribution is 0.152. The average Bonchev–Trinajstić information content (AvgIpc) is 2.89. The van der Waals surface area contributed by atoms with Gasteiger partial charge in [0.05, 0.1) is 6.61 Å². The van der Waals surface area contributed by atoms with Crippen LogP contribution in [0.15, 0.2) is 66.7 Å². The Balaban J connectivity index is 1.33. The maximum Gasteiger partial charge on any atom is 0.519 e. The second kappa shape index (κ2) is 12.6. The summed E-state index contributed by atoms with van der Waals surface area (Å²) in [6, 6.07) is 19.1. The molecule has 5 heteroatoms. The van der Waals surface area contributed by atoms with Crippen molar-refractivity contribution in [3.8, 4) is 28.4 Å². The van der Waals surface area contributed by atoms with Crippen LogP contribution in [0.4, 0.5) is 9.18 Å². The molecule has 0 N–H and O–H groups in total. The van der Waals surface area contributed by atoms with Crippen LogP contribution in [0.3, 0.4) is 0 Å². The lowest BCUT2D eigenvalue weighted by Gasteiger charge is -2.29. The van der Waals surface area contributed by atoms with Crippen molar-refractivity contribution in [3.63, 3.8) is 0 Å². The van der Waals surface area contributed by atoms with Gasteiger partial charge >= 0.3 is 6.16 Å². The Morgan fingerprint density at radius 3 is 2.03 bits per heavy atom. The molecule has 0 saturated heterocycles. The summed E-state index contributed by atoms with van der Waals surface area (Å²) in [4.78, 5) is 12.1. The molecule has 0 amide bonds. The molecule has 4 rings (SSSR count). The van der Waals surface area contributed by atoms with Crippen molar-refractivity contribution in [2.45, 2.75) is 64.7 Å². The Morgan fingerprint density at radius 2 is 1.44 bits per heavy atom. The number of hydrogen-bond acceptors (Lipinski definition) is 4. The van der Waals surface area contributed by atoms with Gasteiger partial charge in [-0.2, -0.15) is 0 Å². The fourth-order valence-electron chi connectivity index (χ4n) is 4.98. The summed E-state index contributed by atoms with van der Waals surface area (Å²) in [5, 5.41) is 0. The molecule has 1 aliphatic rings. The van der Waals surface area contributed by atoms with Gasteiger partial charge in [0.25, 0.3) is 0 Å². The number of carbonyl (C=O) groups excluding carboxylic acids is 1. The van der Waals surface area contributed by atoms with Crippen LogP contribution in [-0.2, 0) is 0 Å². The normalized spacial score (nSPS) is 17.4. The van der Waals surface area contributed by atoms with Crippen molar-refractivity contribution in [1.82, 2.24) is 0 Å². The standard InChI is InChI=1S/C31H35FO4/c1-3-5-6-22-7-9-23(10-8-22)25-13-20-29(30(32)21-25)24-11-14-27(15-12-24)35-31(33)36-28-18-16-26(17-19-28)34-4-2/h11-23H,3-10H2,1-2H3. The topological polar surface area (TPSA) is 44.8 Å². The smallest absolute Gasteiger partial charge is 0.494 e. The van der Waals surface area contributed by atoms with Crippen LogP contribution in [-0.4, -0.2) is 12.8 Å². The van der Waals surface area contributed by atoms with Crippen LogP contribution >= 0.6 is 0 Å². The van der Waals surface area contributed by atoms with Gasteiger partial charge in [0.1, 0.15) is 23.1 Å². The molecule has 1 saturated carbocycles. The molecule has 0 spiro atoms. The molecule has 0 aliphatic heterocycles. The highest BCUT2D eigenvalue weighted by Gasteiger charge is 2.23. The van der Waals surface area contributed by atoms with Crippen LogP contribution in [0, 0.1) is 11.7 Å². The number of ether oxygens (including phenoxy) is 3. The Bertz CT molecular complexity index is 1120. The van der Waals surface area contributed by atoms with Crippen LogP contribution in [0.2, 0.25) is 0 Å². The van der Waals surface area contributed by atoms with Crippen molar-refractivity contribution in [1.29, 1.82) is 0 Å². The molecule has 1 aliphatic carbocycles. The van der Waals surface area contributed by atoms with E-state index < -0.39 is 6.16 Å². The molecular weight excluding hydrogens is 455 g/mol. The van der Waals surface area contributed by atoms with E-state index in [4.69, 9.17) is 14.2 Å². The molecule has 4 nitrogen and oxygen atoms in total. The third-order valence-corrected chi connectivity index (χ3v) is 6.98. The fourth-order valence-corrected chi connectivity index (χ4v) is 4.98. The van der Waals surface area contributed by atoms with Gasteiger partial charge in [-0.3, -0.25) is 0 Å². The minimum absolute atomic E-state index is 0.218. The lowest BCUT2D eigenvalue weighted by atomic mass is 9.77. The van der Waals surface area contributed by atoms with E-state index in [0.717, 1.165) is 29.9 Å². The van der Waals surface area contributed by atoms with Crippen LogP contribution in [0.5, 0.6) is 17.2 Å². The minimum atomic E-state index is -0.841. The molecule has 36 heavy (non-hydrogen) atoms. The van der Waals surface area contributed by atoms with Gasteiger partial charge in [0, 0.05) is 5.56 Å². The number of rotatable bonds is 9. The van der Waals surface area contributed by atoms with E-state index in [9.17, 15) is 4.79 Å². The zero-order valence-electron chi connectivity index (χ0n) is 21.2. The minimum Gasteiger partial charge on any atom is -0.494 e. The molecule has 0 atom stereocenters. The Morgan fingerprint density at radius 1 is 0.833 bits per heavy atom. The molecule has 3 aromatic carbocycles. The molecule has 190 valence electrons. The third kappa shape index (κ3) is 6.87. The molecule has 3 aromatic rings. The zero-order chi connectivity index (χ0) is 25.3. The highest BCUT2D eigenvalue weighted by atomic mass is 19.1. The number of benzene rings is 3. The second-order valence-electron chi connectivity index (χ2n) is 9.48. The van der Waals surface area contributed by atoms with E-state index in [-0.39, 0.29) is 5.82 Å². The summed E-state index contributed by atoms with van der Waals surface area (Å²) in [5.74, 6) is 2.45. The predicted molar refractivity (Wildman–Crippen MR) is 140 cm³/mol. The van der Waals surface area contributed by atoms with E-state index in [1.54, 1.807) is 54.6 Å². The van der Waals surface area contributed by atoms with E-state index in [2.05, 4.69) is 13.0 Å². The first-order chi connectivity index (χ1) is 17.6. The number of hydrogen-bond donors (Lipinski definition) is 0. The van der Waals surface area contributed by atoms with E-state index in [0.29, 0.717) is 35.3 Å². The van der Waals surface area contributed by atoms with Gasteiger partial charge in [-0.05, 0) is 98.0 Å². The summed E-state index contributed by atoms with van der Waals surface area (Å²) < 4.78 is 30.9. The van der Waals surface area contributed by atoms with E-state index in [1.165, 1.54) is 32.1 Å². The quantitative estimate of drug-likeness (QED) is 0.222. The summed E-state index contributed by atoms with van der Waals surface area (Å²) in [5.41, 5.74) is 2.37. The van der Waals surface area contributed by atoms with Gasteiger partial charge in [-0.15, -0.1) is 0 Å². The third-order valence-electron chi connectivity index (χ3n) is 6.98. The zero-order valence-corrected chi connectivity index (χ0v) is 21.2. The van der Waals surface area contributed by atoms with Gasteiger partial charge in [-0.25, -0.2) is 9.18 Å². The predicted octanol–water partition coefficient (Wildman–Crippen LogP) is 8.93. The Kier molecular flexibility index (Phi) is 8.99. The largest absolute Gasteiger partial charge is 0.519 e. The highest BCUT2D eigenvalue weighted by Crippen LogP contribution is 2.39. The summed E-state index contributed by atoms with van der Waals surface area (Å²) in [6.45, 7) is 4.71. The summed E-state index contributed by atoms with van der Waals surface area (Å²) in [6.07, 6.45) is 7.84. The van der Waals surface area contributed by atoms with E-state index >= 15 is 4.39 Å². The maximum atomic E-state index is 15.0. The Labute approximate surface area is 213 Å². The summed E-state index contributed by atoms with van der Waals surface area (Å²) in [7, 11) is 0. The average molecular weight is 491 g/mol. The first kappa shape index (κ1) is 25.7. The monoisotopic (exact) mass is 490 g/mol. The van der Waals surface area contributed by atoms with Crippen molar-refractivity contribution in [2.75, 3.05) is 6.61 Å². The van der Waals surface area contributed by atoms with Crippen molar-refractivity contribution in [3.05, 3.63) is 78.1 Å². The molecule has 1 fully saturated rings. The summed E-state index contributed by atoms with van der Waals surface area (Å²) >= 11 is 0. The van der Waals surface area contributed by atoms with Crippen molar-refractivity contribution >= 4 is 6.16 Å². The van der Waals surface area contributed by atoms with Gasteiger partial charge in [0.15, 0.2) is 0 Å². The highest BCUT2D eigenvalue weighted by molar-refractivity contribution is 5.69. The number of carbonyl (C=O) groups is 1. The Hall–Kier alpha value is -3.34. The van der Waals surface area contributed by atoms with Crippen LogP contribution in [0.25, 0.3) is 11.1 Å². The molecule has 0 heterocycles. The van der Waals surface area contributed by atoms with Crippen LogP contribution < -0.4 is 14.2 Å². The number of halogens is 1. The van der Waals surface area contributed by atoms with Gasteiger partial charge in [-0.1, -0.05) is 50.5 Å². The van der Waals surface area contributed by atoms with Crippen LogP contribution in [0.1, 0.15) is 70.3 Å². The molecule has 0 bridgehead atoms. The molecule has 0 aromatic heterocycles. The van der Waals surface area contributed by atoms with Crippen molar-refractivity contribution in [2.24, 2.45) is 5.92 Å². The molecule has 0 unspecified atom stereocenters. The van der Waals surface area contributed by atoms with Gasteiger partial charge < -0.3 is 14.2 Å². The number of unbranched alkanes of at least 4 members (excludes halogenated alkanes) is 1. The van der Waals surface area contributed by atoms with Crippen molar-refractivity contribution < 1.29 is 23.4 Å². The van der Waals surface area contributed by atoms with Gasteiger partial charge in [0.2, 0.25) is 0 Å². The first-order valence-electron chi connectivity index (χ1n) is 13.1. The second-order valence-corrected chi connectivity index (χ2v) is 9.48. The SMILES string of the molecule is CCCCC1CCC(c2ccc(-c3ccc(OC(=O)Oc4ccc(OCC)cc4)cc3)c(F)c2)CC1.